The lowest BCUT2D eigenvalue weighted by Crippen LogP contribution is -1.87. The predicted octanol–water partition coefficient (Wildman–Crippen LogP) is 1.62. The molecular weight excluding hydrogens is 152 g/mol. The first-order valence-electron chi connectivity index (χ1n) is 3.61. The predicted molar refractivity (Wildman–Crippen MR) is 48.0 cm³/mol. The molecule has 1 aromatic rings. The minimum Gasteiger partial charge on any atom is -0.392 e. The molecule has 0 atom stereocenters. The highest BCUT2D eigenvalue weighted by Gasteiger charge is 1.83. The van der Waals surface area contributed by atoms with Gasteiger partial charge in [-0.05, 0) is 12.1 Å². The minimum atomic E-state index is 0.420. The molecule has 12 heavy (non-hydrogen) atoms. The van der Waals surface area contributed by atoms with Crippen LogP contribution < -0.4 is 0 Å². The summed E-state index contributed by atoms with van der Waals surface area (Å²) >= 11 is 0. The van der Waals surface area contributed by atoms with Gasteiger partial charge in [0.05, 0.1) is 11.9 Å². The van der Waals surface area contributed by atoms with Crippen LogP contribution in [-0.2, 0) is 4.84 Å². The Morgan fingerprint density at radius 1 is 1.58 bits per heavy atom. The first-order valence-corrected chi connectivity index (χ1v) is 3.61. The van der Waals surface area contributed by atoms with E-state index in [1.165, 1.54) is 0 Å². The third-order valence-corrected chi connectivity index (χ3v) is 1.14. The van der Waals surface area contributed by atoms with E-state index in [-0.39, 0.29) is 0 Å². The second-order valence-electron chi connectivity index (χ2n) is 2.07. The lowest BCUT2D eigenvalue weighted by atomic mass is 10.4. The Morgan fingerprint density at radius 2 is 2.50 bits per heavy atom. The van der Waals surface area contributed by atoms with Crippen LogP contribution >= 0.6 is 0 Å². The van der Waals surface area contributed by atoms with E-state index in [4.69, 9.17) is 4.84 Å². The Kier molecular flexibility index (Phi) is 3.57. The van der Waals surface area contributed by atoms with Gasteiger partial charge in [-0.2, -0.15) is 0 Å². The van der Waals surface area contributed by atoms with E-state index in [9.17, 15) is 0 Å². The van der Waals surface area contributed by atoms with Crippen molar-refractivity contribution in [2.75, 3.05) is 6.61 Å². The third-order valence-electron chi connectivity index (χ3n) is 1.14. The molecule has 1 heterocycles. The summed E-state index contributed by atoms with van der Waals surface area (Å²) in [5, 5.41) is 3.67. The van der Waals surface area contributed by atoms with Crippen molar-refractivity contribution in [3.8, 4) is 0 Å². The van der Waals surface area contributed by atoms with Crippen molar-refractivity contribution < 1.29 is 4.84 Å². The quantitative estimate of drug-likeness (QED) is 0.292. The Bertz CT molecular complexity index is 256. The smallest absolute Gasteiger partial charge is 0.135 e. The average Bonchev–Trinajstić information content (AvgIpc) is 2.14. The van der Waals surface area contributed by atoms with Crippen molar-refractivity contribution >= 4 is 6.21 Å². The zero-order chi connectivity index (χ0) is 8.65. The minimum absolute atomic E-state index is 0.420. The molecule has 0 saturated carbocycles. The third kappa shape index (κ3) is 2.96. The van der Waals surface area contributed by atoms with Crippen molar-refractivity contribution in [2.24, 2.45) is 5.16 Å². The van der Waals surface area contributed by atoms with Crippen LogP contribution in [0.25, 0.3) is 0 Å². The summed E-state index contributed by atoms with van der Waals surface area (Å²) in [4.78, 5) is 8.82. The molecule has 1 rings (SSSR count). The molecule has 62 valence electrons. The zero-order valence-electron chi connectivity index (χ0n) is 6.68. The highest BCUT2D eigenvalue weighted by Crippen LogP contribution is 1.88. The second-order valence-corrected chi connectivity index (χ2v) is 2.07. The van der Waals surface area contributed by atoms with Gasteiger partial charge in [-0.25, -0.2) is 0 Å². The van der Waals surface area contributed by atoms with E-state index in [0.717, 1.165) is 5.69 Å². The summed E-state index contributed by atoms with van der Waals surface area (Å²) in [5.41, 5.74) is 0.779. The van der Waals surface area contributed by atoms with Gasteiger partial charge < -0.3 is 4.84 Å². The lowest BCUT2D eigenvalue weighted by molar-refractivity contribution is 0.176. The molecule has 0 fully saturated rings. The molecule has 0 aliphatic heterocycles. The van der Waals surface area contributed by atoms with Crippen LogP contribution in [-0.4, -0.2) is 17.8 Å². The first kappa shape index (κ1) is 8.46. The van der Waals surface area contributed by atoms with E-state index in [1.807, 2.05) is 18.2 Å². The van der Waals surface area contributed by atoms with Crippen LogP contribution in [0.3, 0.4) is 0 Å². The molecule has 0 unspecified atom stereocenters. The maximum Gasteiger partial charge on any atom is 0.135 e. The molecule has 0 radical (unpaired) electrons. The van der Waals surface area contributed by atoms with Gasteiger partial charge in [0.25, 0.3) is 0 Å². The molecule has 0 bridgehead atoms. The van der Waals surface area contributed by atoms with E-state index in [1.54, 1.807) is 18.5 Å². The number of oxime groups is 1. The Hall–Kier alpha value is -1.64. The Labute approximate surface area is 71.4 Å². The summed E-state index contributed by atoms with van der Waals surface area (Å²) in [6, 6.07) is 5.59. The van der Waals surface area contributed by atoms with Gasteiger partial charge in [0.15, 0.2) is 0 Å². The van der Waals surface area contributed by atoms with Gasteiger partial charge in [-0.3, -0.25) is 4.98 Å². The van der Waals surface area contributed by atoms with Gasteiger partial charge in [0, 0.05) is 6.20 Å². The summed E-state index contributed by atoms with van der Waals surface area (Å²) in [6.07, 6.45) is 4.90. The molecule has 1 aromatic heterocycles. The van der Waals surface area contributed by atoms with E-state index in [2.05, 4.69) is 16.7 Å². The largest absolute Gasteiger partial charge is 0.392 e. The highest BCUT2D eigenvalue weighted by molar-refractivity contribution is 5.76. The lowest BCUT2D eigenvalue weighted by Gasteiger charge is -1.91. The summed E-state index contributed by atoms with van der Waals surface area (Å²) in [5.74, 6) is 0. The second kappa shape index (κ2) is 5.07. The summed E-state index contributed by atoms with van der Waals surface area (Å²) in [6.45, 7) is 3.91. The Balaban J connectivity index is 2.41. The van der Waals surface area contributed by atoms with Crippen LogP contribution in [0.4, 0.5) is 0 Å². The van der Waals surface area contributed by atoms with Crippen LogP contribution in [0.1, 0.15) is 5.69 Å². The van der Waals surface area contributed by atoms with Crippen LogP contribution in [0.15, 0.2) is 42.2 Å². The van der Waals surface area contributed by atoms with Crippen LogP contribution in [0, 0.1) is 0 Å². The zero-order valence-corrected chi connectivity index (χ0v) is 6.68. The summed E-state index contributed by atoms with van der Waals surface area (Å²) in [7, 11) is 0. The van der Waals surface area contributed by atoms with Gasteiger partial charge in [-0.1, -0.05) is 23.9 Å². The topological polar surface area (TPSA) is 34.5 Å². The fraction of sp³-hybridized carbons (Fsp3) is 0.111. The number of rotatable bonds is 4. The normalized spacial score (nSPS) is 10.0. The first-order chi connectivity index (χ1) is 5.93. The molecule has 3 nitrogen and oxygen atoms in total. The van der Waals surface area contributed by atoms with Crippen molar-refractivity contribution in [3.05, 3.63) is 42.7 Å². The average molecular weight is 162 g/mol. The molecular formula is C9H10N2O. The van der Waals surface area contributed by atoms with Crippen molar-refractivity contribution in [3.63, 3.8) is 0 Å². The van der Waals surface area contributed by atoms with Crippen LogP contribution in [0.2, 0.25) is 0 Å². The van der Waals surface area contributed by atoms with Gasteiger partial charge >= 0.3 is 0 Å². The van der Waals surface area contributed by atoms with Crippen LogP contribution in [0.5, 0.6) is 0 Å². The molecule has 0 aliphatic carbocycles. The maximum absolute atomic E-state index is 4.80. The van der Waals surface area contributed by atoms with Crippen molar-refractivity contribution in [1.82, 2.24) is 4.98 Å². The monoisotopic (exact) mass is 162 g/mol. The summed E-state index contributed by atoms with van der Waals surface area (Å²) < 4.78 is 0. The number of nitrogens with zero attached hydrogens (tertiary/aromatic N) is 2. The molecule has 0 spiro atoms. The SMILES string of the molecule is C=CCO/N=C/c1ccccn1. The van der Waals surface area contributed by atoms with Gasteiger partial charge in [-0.15, -0.1) is 0 Å². The van der Waals surface area contributed by atoms with Crippen molar-refractivity contribution in [2.45, 2.75) is 0 Å². The Morgan fingerprint density at radius 3 is 3.17 bits per heavy atom. The standard InChI is InChI=1S/C9H10N2O/c1-2-7-12-11-8-9-5-3-4-6-10-9/h2-6,8H,1,7H2/b11-8+. The van der Waals surface area contributed by atoms with E-state index >= 15 is 0 Å². The van der Waals surface area contributed by atoms with Gasteiger partial charge in [0.1, 0.15) is 6.61 Å². The molecule has 0 amide bonds. The molecule has 3 heteroatoms. The van der Waals surface area contributed by atoms with E-state index in [0.29, 0.717) is 6.61 Å². The number of hydrogen-bond acceptors (Lipinski definition) is 3. The number of aromatic nitrogens is 1. The number of hydrogen-bond donors (Lipinski definition) is 0. The maximum atomic E-state index is 4.80. The van der Waals surface area contributed by atoms with Gasteiger partial charge in [0.2, 0.25) is 0 Å². The molecule has 0 saturated heterocycles. The molecule has 0 aromatic carbocycles. The highest BCUT2D eigenvalue weighted by atomic mass is 16.6. The number of pyridine rings is 1. The fourth-order valence-corrected chi connectivity index (χ4v) is 0.639. The van der Waals surface area contributed by atoms with Crippen molar-refractivity contribution in [1.29, 1.82) is 0 Å². The molecule has 0 aliphatic rings. The molecule has 0 N–H and O–H groups in total. The van der Waals surface area contributed by atoms with E-state index < -0.39 is 0 Å². The fourth-order valence-electron chi connectivity index (χ4n) is 0.639.